The highest BCUT2D eigenvalue weighted by atomic mass is 16.5. The van der Waals surface area contributed by atoms with Gasteiger partial charge in [-0.25, -0.2) is 4.79 Å². The van der Waals surface area contributed by atoms with Gasteiger partial charge in [-0.3, -0.25) is 4.99 Å². The summed E-state index contributed by atoms with van der Waals surface area (Å²) in [4.78, 5) is 15.8. The minimum atomic E-state index is -0.418. The van der Waals surface area contributed by atoms with Crippen molar-refractivity contribution < 1.29 is 9.53 Å². The number of amides is 1. The van der Waals surface area contributed by atoms with Crippen molar-refractivity contribution in [2.45, 2.75) is 44.7 Å². The average Bonchev–Trinajstić information content (AvgIpc) is 3.43. The first-order chi connectivity index (χ1) is 12.1. The van der Waals surface area contributed by atoms with Gasteiger partial charge in [0.15, 0.2) is 0 Å². The smallest absolute Gasteiger partial charge is 0.406 e. The largest absolute Gasteiger partial charge is 0.453 e. The van der Waals surface area contributed by atoms with Gasteiger partial charge in [0.25, 0.3) is 0 Å². The number of carbonyl (C=O) groups is 1. The van der Waals surface area contributed by atoms with E-state index in [2.05, 4.69) is 22.3 Å². The molecule has 1 aliphatic carbocycles. The van der Waals surface area contributed by atoms with E-state index < -0.39 is 6.09 Å². The monoisotopic (exact) mass is 344 g/mol. The number of alkyl carbamates (subject to hydrolysis) is 1. The third-order valence-electron chi connectivity index (χ3n) is 3.99. The molecule has 6 nitrogen and oxygen atoms in total. The summed E-state index contributed by atoms with van der Waals surface area (Å²) in [6.07, 6.45) is 5.46. The van der Waals surface area contributed by atoms with Crippen LogP contribution in [-0.2, 0) is 4.74 Å². The molecule has 1 saturated carbocycles. The molecule has 0 unspecified atom stereocenters. The molecule has 1 amide bonds. The van der Waals surface area contributed by atoms with Gasteiger partial charge < -0.3 is 21.1 Å². The van der Waals surface area contributed by atoms with E-state index in [1.165, 1.54) is 20.0 Å². The van der Waals surface area contributed by atoms with E-state index in [0.717, 1.165) is 29.9 Å². The number of allylic oxidation sites excluding steroid dienone is 1. The van der Waals surface area contributed by atoms with Crippen LogP contribution in [0.5, 0.6) is 0 Å². The van der Waals surface area contributed by atoms with E-state index in [1.807, 2.05) is 36.4 Å². The highest BCUT2D eigenvalue weighted by Crippen LogP contribution is 2.20. The molecule has 0 aromatic heterocycles. The second kappa shape index (κ2) is 9.84. The molecule has 1 atom stereocenters. The standard InChI is InChI=1S/C19H28N4O2/c1-14(22-16-10-11-16)18(20)13-17(9-6-12-21-19(24)25-2)23-15-7-4-3-5-8-15/h3-5,7-8,13-14,16,22H,6,9-12,20H2,1-2H3,(H,21,24)/t14-/m1/s1. The van der Waals surface area contributed by atoms with E-state index in [-0.39, 0.29) is 6.04 Å². The number of benzene rings is 1. The van der Waals surface area contributed by atoms with Crippen molar-refractivity contribution in [2.75, 3.05) is 13.7 Å². The molecule has 0 bridgehead atoms. The highest BCUT2D eigenvalue weighted by Gasteiger charge is 2.23. The molecule has 6 heteroatoms. The molecule has 0 heterocycles. The first kappa shape index (κ1) is 19.0. The molecular formula is C19H28N4O2. The van der Waals surface area contributed by atoms with E-state index in [9.17, 15) is 4.79 Å². The Balaban J connectivity index is 2.00. The van der Waals surface area contributed by atoms with Crippen molar-refractivity contribution in [3.8, 4) is 0 Å². The Morgan fingerprint density at radius 2 is 2.12 bits per heavy atom. The lowest BCUT2D eigenvalue weighted by Gasteiger charge is -2.14. The van der Waals surface area contributed by atoms with Crippen LogP contribution in [0.1, 0.15) is 32.6 Å². The predicted octanol–water partition coefficient (Wildman–Crippen LogP) is 2.88. The molecule has 1 aliphatic rings. The quantitative estimate of drug-likeness (QED) is 0.475. The molecule has 136 valence electrons. The van der Waals surface area contributed by atoms with Crippen molar-refractivity contribution >= 4 is 17.5 Å². The fourth-order valence-corrected chi connectivity index (χ4v) is 2.38. The Morgan fingerprint density at radius 1 is 1.40 bits per heavy atom. The number of para-hydroxylation sites is 1. The number of methoxy groups -OCH3 is 1. The summed E-state index contributed by atoms with van der Waals surface area (Å²) >= 11 is 0. The maximum Gasteiger partial charge on any atom is 0.406 e. The topological polar surface area (TPSA) is 88.7 Å². The van der Waals surface area contributed by atoms with Crippen molar-refractivity contribution in [1.29, 1.82) is 0 Å². The molecule has 0 spiro atoms. The fourth-order valence-electron chi connectivity index (χ4n) is 2.38. The molecule has 2 rings (SSSR count). The Morgan fingerprint density at radius 3 is 2.76 bits per heavy atom. The second-order valence-electron chi connectivity index (χ2n) is 6.27. The van der Waals surface area contributed by atoms with Crippen LogP contribution in [0.3, 0.4) is 0 Å². The Kier molecular flexibility index (Phi) is 7.47. The maximum absolute atomic E-state index is 11.1. The molecule has 0 aliphatic heterocycles. The van der Waals surface area contributed by atoms with Crippen molar-refractivity contribution in [1.82, 2.24) is 10.6 Å². The fraction of sp³-hybridized carbons (Fsp3) is 0.474. The number of carbonyl (C=O) groups excluding carboxylic acids is 1. The Labute approximate surface area is 149 Å². The van der Waals surface area contributed by atoms with Crippen LogP contribution in [0, 0.1) is 0 Å². The average molecular weight is 344 g/mol. The van der Waals surface area contributed by atoms with Gasteiger partial charge >= 0.3 is 6.09 Å². The number of nitrogens with one attached hydrogen (secondary N) is 2. The van der Waals surface area contributed by atoms with Gasteiger partial charge in [0, 0.05) is 30.0 Å². The summed E-state index contributed by atoms with van der Waals surface area (Å²) in [5.41, 5.74) is 8.83. The van der Waals surface area contributed by atoms with Gasteiger partial charge in [-0.2, -0.15) is 0 Å². The van der Waals surface area contributed by atoms with Gasteiger partial charge in [0.1, 0.15) is 0 Å². The Bertz CT molecular complexity index is 609. The van der Waals surface area contributed by atoms with Gasteiger partial charge in [0.2, 0.25) is 0 Å². The van der Waals surface area contributed by atoms with Crippen LogP contribution in [-0.4, -0.2) is 37.5 Å². The Hall–Kier alpha value is -2.34. The molecule has 25 heavy (non-hydrogen) atoms. The third-order valence-corrected chi connectivity index (χ3v) is 3.99. The number of nitrogens with two attached hydrogens (primary N) is 1. The first-order valence-corrected chi connectivity index (χ1v) is 8.76. The lowest BCUT2D eigenvalue weighted by molar-refractivity contribution is 0.171. The zero-order valence-corrected chi connectivity index (χ0v) is 15.0. The van der Waals surface area contributed by atoms with Gasteiger partial charge in [-0.05, 0) is 50.8 Å². The number of rotatable bonds is 9. The minimum Gasteiger partial charge on any atom is -0.453 e. The van der Waals surface area contributed by atoms with Crippen molar-refractivity contribution in [2.24, 2.45) is 10.7 Å². The lowest BCUT2D eigenvalue weighted by atomic mass is 10.1. The molecule has 0 saturated heterocycles. The van der Waals surface area contributed by atoms with Gasteiger partial charge in [0.05, 0.1) is 12.8 Å². The summed E-state index contributed by atoms with van der Waals surface area (Å²) < 4.78 is 4.57. The normalized spacial score (nSPS) is 16.4. The van der Waals surface area contributed by atoms with Crippen molar-refractivity contribution in [3.05, 3.63) is 42.1 Å². The van der Waals surface area contributed by atoms with Crippen LogP contribution < -0.4 is 16.4 Å². The number of ether oxygens (including phenoxy) is 1. The summed E-state index contributed by atoms with van der Waals surface area (Å²) in [5, 5.41) is 6.17. The van der Waals surface area contributed by atoms with Crippen LogP contribution in [0.4, 0.5) is 10.5 Å². The third kappa shape index (κ3) is 7.39. The van der Waals surface area contributed by atoms with E-state index in [4.69, 9.17) is 10.7 Å². The zero-order chi connectivity index (χ0) is 18.1. The van der Waals surface area contributed by atoms with Crippen LogP contribution in [0.15, 0.2) is 47.1 Å². The molecular weight excluding hydrogens is 316 g/mol. The summed E-state index contributed by atoms with van der Waals surface area (Å²) in [5.74, 6) is 0. The van der Waals surface area contributed by atoms with E-state index in [1.54, 1.807) is 0 Å². The van der Waals surface area contributed by atoms with Crippen LogP contribution in [0.2, 0.25) is 0 Å². The molecule has 1 aromatic rings. The number of hydrogen-bond donors (Lipinski definition) is 3. The summed E-state index contributed by atoms with van der Waals surface area (Å²) in [6, 6.07) is 10.5. The number of hydrogen-bond acceptors (Lipinski definition) is 5. The summed E-state index contributed by atoms with van der Waals surface area (Å²) in [7, 11) is 1.36. The molecule has 1 aromatic carbocycles. The number of nitrogens with zero attached hydrogens (tertiary/aromatic N) is 1. The molecule has 1 fully saturated rings. The van der Waals surface area contributed by atoms with Gasteiger partial charge in [-0.15, -0.1) is 0 Å². The van der Waals surface area contributed by atoms with Crippen LogP contribution >= 0.6 is 0 Å². The number of aliphatic imine (C=N–C) groups is 1. The summed E-state index contributed by atoms with van der Waals surface area (Å²) in [6.45, 7) is 2.60. The molecule has 0 radical (unpaired) electrons. The van der Waals surface area contributed by atoms with Crippen LogP contribution in [0.25, 0.3) is 0 Å². The van der Waals surface area contributed by atoms with E-state index >= 15 is 0 Å². The van der Waals surface area contributed by atoms with Crippen molar-refractivity contribution in [3.63, 3.8) is 0 Å². The van der Waals surface area contributed by atoms with E-state index in [0.29, 0.717) is 12.6 Å². The maximum atomic E-state index is 11.1. The molecule has 4 N–H and O–H groups in total. The van der Waals surface area contributed by atoms with Gasteiger partial charge in [-0.1, -0.05) is 18.2 Å². The minimum absolute atomic E-state index is 0.127. The first-order valence-electron chi connectivity index (χ1n) is 8.76. The highest BCUT2D eigenvalue weighted by molar-refractivity contribution is 5.97. The second-order valence-corrected chi connectivity index (χ2v) is 6.27. The zero-order valence-electron chi connectivity index (χ0n) is 15.0. The predicted molar refractivity (Wildman–Crippen MR) is 101 cm³/mol. The SMILES string of the molecule is COC(=O)NCCCC(C=C(N)[C@@H](C)NC1CC1)=Nc1ccccc1. The lowest BCUT2D eigenvalue weighted by Crippen LogP contribution is -2.33.